The van der Waals surface area contributed by atoms with Gasteiger partial charge in [0.05, 0.1) is 6.54 Å². The number of nitrogens with one attached hydrogen (secondary N) is 2. The third kappa shape index (κ3) is 6.82. The van der Waals surface area contributed by atoms with E-state index in [0.717, 1.165) is 5.56 Å². The summed E-state index contributed by atoms with van der Waals surface area (Å²) in [5, 5.41) is 15.2. The highest BCUT2D eigenvalue weighted by atomic mass is 16.4. The van der Waals surface area contributed by atoms with Gasteiger partial charge in [0.2, 0.25) is 11.8 Å². The van der Waals surface area contributed by atoms with Crippen molar-refractivity contribution in [1.29, 1.82) is 0 Å². The summed E-state index contributed by atoms with van der Waals surface area (Å²) in [6.07, 6.45) is 14.1. The van der Waals surface area contributed by atoms with Crippen LogP contribution in [0, 0.1) is 6.92 Å². The molecule has 3 amide bonds. The molecule has 0 bridgehead atoms. The van der Waals surface area contributed by atoms with E-state index in [4.69, 9.17) is 0 Å². The summed E-state index contributed by atoms with van der Waals surface area (Å²) in [4.78, 5) is 52.7. The van der Waals surface area contributed by atoms with Crippen LogP contribution >= 0.6 is 0 Å². The van der Waals surface area contributed by atoms with Crippen LogP contribution in [-0.4, -0.2) is 57.7 Å². The minimum Gasteiger partial charge on any atom is -0.480 e. The first-order valence-electron chi connectivity index (χ1n) is 11.6. The van der Waals surface area contributed by atoms with Crippen LogP contribution in [0.3, 0.4) is 0 Å². The van der Waals surface area contributed by atoms with Crippen LogP contribution in [0.5, 0.6) is 0 Å². The number of carboxylic acid groups (broad SMARTS) is 1. The fraction of sp³-hybridized carbons (Fsp3) is 0.259. The zero-order chi connectivity index (χ0) is 26.1. The van der Waals surface area contributed by atoms with Crippen LogP contribution in [0.2, 0.25) is 0 Å². The van der Waals surface area contributed by atoms with E-state index >= 15 is 0 Å². The second-order valence-corrected chi connectivity index (χ2v) is 8.40. The number of carbonyl (C=O) groups is 4. The van der Waals surface area contributed by atoms with Crippen molar-refractivity contribution >= 4 is 23.7 Å². The van der Waals surface area contributed by atoms with E-state index in [0.29, 0.717) is 17.8 Å². The monoisotopic (exact) mass is 490 g/mol. The molecule has 3 rings (SSSR count). The molecule has 0 radical (unpaired) electrons. The Kier molecular flexibility index (Phi) is 8.99. The van der Waals surface area contributed by atoms with Gasteiger partial charge in [-0.2, -0.15) is 0 Å². The van der Waals surface area contributed by atoms with Gasteiger partial charge in [-0.15, -0.1) is 0 Å². The van der Waals surface area contributed by atoms with Gasteiger partial charge in [0, 0.05) is 37.0 Å². The molecular weight excluding hydrogens is 460 g/mol. The minimum atomic E-state index is -1.17. The standard InChI is InChI=1S/C27H30N4O5/c1-19-10-5-6-12-22(19)26(34)30-16-8-11-21(18-30)25(33)29-23(27(35)36)13-9-17-31(20(2)32)24-14-4-3-7-15-28-24/h3-8,10-12,14-16,23,28H,9,13,17-18H2,1-2H3,(H,29,33)(H,35,36)/t23-/m0/s1. The molecule has 1 atom stereocenters. The zero-order valence-electron chi connectivity index (χ0n) is 20.3. The van der Waals surface area contributed by atoms with Gasteiger partial charge >= 0.3 is 5.97 Å². The number of amides is 3. The highest BCUT2D eigenvalue weighted by Gasteiger charge is 2.26. The lowest BCUT2D eigenvalue weighted by atomic mass is 10.1. The predicted octanol–water partition coefficient (Wildman–Crippen LogP) is 2.60. The van der Waals surface area contributed by atoms with E-state index in [2.05, 4.69) is 10.6 Å². The number of benzene rings is 1. The average molecular weight is 491 g/mol. The van der Waals surface area contributed by atoms with Crippen molar-refractivity contribution in [1.82, 2.24) is 20.4 Å². The van der Waals surface area contributed by atoms with Crippen LogP contribution in [-0.2, 0) is 14.4 Å². The number of aryl methyl sites for hydroxylation is 1. The number of carbonyl (C=O) groups excluding carboxylic acids is 3. The molecule has 188 valence electrons. The van der Waals surface area contributed by atoms with E-state index in [-0.39, 0.29) is 36.9 Å². The van der Waals surface area contributed by atoms with Gasteiger partial charge in [-0.1, -0.05) is 36.4 Å². The topological polar surface area (TPSA) is 119 Å². The number of nitrogens with zero attached hydrogens (tertiary/aromatic N) is 2. The van der Waals surface area contributed by atoms with Gasteiger partial charge in [-0.25, -0.2) is 4.79 Å². The molecule has 2 aliphatic heterocycles. The molecule has 2 aliphatic rings. The highest BCUT2D eigenvalue weighted by Crippen LogP contribution is 2.16. The number of hydrogen-bond donors (Lipinski definition) is 3. The molecule has 0 saturated carbocycles. The number of aliphatic carboxylic acids is 1. The number of carboxylic acids is 1. The Hall–Kier alpha value is -4.40. The molecule has 2 heterocycles. The summed E-state index contributed by atoms with van der Waals surface area (Å²) >= 11 is 0. The van der Waals surface area contributed by atoms with E-state index < -0.39 is 17.9 Å². The molecule has 0 saturated heterocycles. The Morgan fingerprint density at radius 2 is 1.89 bits per heavy atom. The molecule has 0 unspecified atom stereocenters. The molecule has 0 aliphatic carbocycles. The Morgan fingerprint density at radius 3 is 2.61 bits per heavy atom. The fourth-order valence-corrected chi connectivity index (χ4v) is 3.83. The van der Waals surface area contributed by atoms with Crippen LogP contribution in [0.1, 0.15) is 35.7 Å². The van der Waals surface area contributed by atoms with E-state index in [1.54, 1.807) is 54.9 Å². The highest BCUT2D eigenvalue weighted by molar-refractivity contribution is 6.00. The van der Waals surface area contributed by atoms with Crippen molar-refractivity contribution in [2.45, 2.75) is 32.7 Å². The summed E-state index contributed by atoms with van der Waals surface area (Å²) in [6.45, 7) is 3.58. The third-order valence-corrected chi connectivity index (χ3v) is 5.78. The Labute approximate surface area is 210 Å². The summed E-state index contributed by atoms with van der Waals surface area (Å²) in [5.41, 5.74) is 1.64. The number of allylic oxidation sites excluding steroid dienone is 6. The van der Waals surface area contributed by atoms with Crippen LogP contribution in [0.15, 0.2) is 84.5 Å². The van der Waals surface area contributed by atoms with Gasteiger partial charge in [-0.3, -0.25) is 19.3 Å². The van der Waals surface area contributed by atoms with Crippen molar-refractivity contribution in [3.05, 3.63) is 95.6 Å². The lowest BCUT2D eigenvalue weighted by molar-refractivity contribution is -0.141. The molecule has 1 aromatic rings. The normalized spacial score (nSPS) is 15.2. The van der Waals surface area contributed by atoms with Crippen molar-refractivity contribution in [3.63, 3.8) is 0 Å². The molecule has 0 spiro atoms. The quantitative estimate of drug-likeness (QED) is 0.490. The largest absolute Gasteiger partial charge is 0.480 e. The molecule has 3 N–H and O–H groups in total. The molecule has 9 heteroatoms. The van der Waals surface area contributed by atoms with E-state index in [1.165, 1.54) is 16.7 Å². The van der Waals surface area contributed by atoms with Crippen LogP contribution in [0.25, 0.3) is 0 Å². The van der Waals surface area contributed by atoms with Crippen molar-refractivity contribution in [2.24, 2.45) is 0 Å². The smallest absolute Gasteiger partial charge is 0.326 e. The summed E-state index contributed by atoms with van der Waals surface area (Å²) in [6, 6.07) is 6.04. The molecule has 9 nitrogen and oxygen atoms in total. The second-order valence-electron chi connectivity index (χ2n) is 8.40. The molecular formula is C27H30N4O5. The van der Waals surface area contributed by atoms with Crippen LogP contribution in [0.4, 0.5) is 0 Å². The maximum atomic E-state index is 12.9. The first-order chi connectivity index (χ1) is 17.3. The minimum absolute atomic E-state index is 0.0286. The fourth-order valence-electron chi connectivity index (χ4n) is 3.83. The number of hydrogen-bond acceptors (Lipinski definition) is 5. The first-order valence-corrected chi connectivity index (χ1v) is 11.6. The third-order valence-electron chi connectivity index (χ3n) is 5.78. The van der Waals surface area contributed by atoms with Gasteiger partial charge in [0.1, 0.15) is 11.9 Å². The van der Waals surface area contributed by atoms with Crippen molar-refractivity contribution < 1.29 is 24.3 Å². The Bertz CT molecular complexity index is 1180. The van der Waals surface area contributed by atoms with Gasteiger partial charge in [0.25, 0.3) is 5.91 Å². The maximum absolute atomic E-state index is 12.9. The summed E-state index contributed by atoms with van der Waals surface area (Å²) < 4.78 is 0. The van der Waals surface area contributed by atoms with Gasteiger partial charge < -0.3 is 20.6 Å². The van der Waals surface area contributed by atoms with E-state index in [1.807, 2.05) is 25.1 Å². The average Bonchev–Trinajstić information content (AvgIpc) is 3.14. The van der Waals surface area contributed by atoms with Gasteiger partial charge in [-0.05, 0) is 49.6 Å². The molecule has 1 aromatic carbocycles. The lowest BCUT2D eigenvalue weighted by Gasteiger charge is -2.25. The van der Waals surface area contributed by atoms with Gasteiger partial charge in [0.15, 0.2) is 0 Å². The molecule has 36 heavy (non-hydrogen) atoms. The van der Waals surface area contributed by atoms with Crippen LogP contribution < -0.4 is 10.6 Å². The maximum Gasteiger partial charge on any atom is 0.326 e. The summed E-state index contributed by atoms with van der Waals surface area (Å²) in [5.74, 6) is -1.57. The zero-order valence-corrected chi connectivity index (χ0v) is 20.3. The lowest BCUT2D eigenvalue weighted by Crippen LogP contribution is -2.44. The van der Waals surface area contributed by atoms with Crippen molar-refractivity contribution in [2.75, 3.05) is 13.1 Å². The first kappa shape index (κ1) is 26.2. The second kappa shape index (κ2) is 12.3. The Morgan fingerprint density at radius 1 is 1.11 bits per heavy atom. The van der Waals surface area contributed by atoms with E-state index in [9.17, 15) is 24.3 Å². The predicted molar refractivity (Wildman–Crippen MR) is 135 cm³/mol. The molecule has 0 aromatic heterocycles. The number of rotatable bonds is 9. The van der Waals surface area contributed by atoms with Crippen molar-refractivity contribution in [3.8, 4) is 0 Å². The SMILES string of the molecule is CC(=O)N(CCC[C@H](NC(=O)C1=CC=CN(C(=O)c2ccccc2C)C1)C(=O)O)C1=CC=CC=CN1. The Balaban J connectivity index is 1.59. The molecule has 0 fully saturated rings. The summed E-state index contributed by atoms with van der Waals surface area (Å²) in [7, 11) is 0.